The lowest BCUT2D eigenvalue weighted by Gasteiger charge is -2.34. The van der Waals surface area contributed by atoms with E-state index in [-0.39, 0.29) is 30.3 Å². The molecule has 9 nitrogen and oxygen atoms in total. The molecule has 0 radical (unpaired) electrons. The molecule has 0 saturated heterocycles. The number of ether oxygens (including phenoxy) is 2. The SMILES string of the molecule is CCCCNC(=O)[C@@H](Cc1ccccc1)N(Cc1ccc(Cl)cc1Cl)C(=O)CN(c1cc(OC)ccc1OC)S(C)(=O)=O. The van der Waals surface area contributed by atoms with Crippen LogP contribution in [0.1, 0.15) is 30.9 Å². The predicted molar refractivity (Wildman–Crippen MR) is 171 cm³/mol. The highest BCUT2D eigenvalue weighted by molar-refractivity contribution is 7.92. The van der Waals surface area contributed by atoms with Crippen LogP contribution in [0.25, 0.3) is 0 Å². The Labute approximate surface area is 263 Å². The zero-order valence-corrected chi connectivity index (χ0v) is 27.0. The third kappa shape index (κ3) is 9.51. The lowest BCUT2D eigenvalue weighted by Crippen LogP contribution is -2.53. The van der Waals surface area contributed by atoms with Gasteiger partial charge >= 0.3 is 0 Å². The first kappa shape index (κ1) is 34.0. The largest absolute Gasteiger partial charge is 0.497 e. The van der Waals surface area contributed by atoms with Gasteiger partial charge in [0.15, 0.2) is 0 Å². The van der Waals surface area contributed by atoms with Gasteiger partial charge in [0.25, 0.3) is 0 Å². The van der Waals surface area contributed by atoms with Crippen molar-refractivity contribution in [3.63, 3.8) is 0 Å². The Morgan fingerprint density at radius 2 is 1.70 bits per heavy atom. The lowest BCUT2D eigenvalue weighted by atomic mass is 10.0. The number of rotatable bonds is 15. The normalized spacial score (nSPS) is 11.9. The van der Waals surface area contributed by atoms with Crippen molar-refractivity contribution in [1.29, 1.82) is 0 Å². The molecule has 232 valence electrons. The van der Waals surface area contributed by atoms with Crippen LogP contribution in [0.3, 0.4) is 0 Å². The summed E-state index contributed by atoms with van der Waals surface area (Å²) in [5, 5.41) is 3.67. The molecular weight excluding hydrogens is 613 g/mol. The Balaban J connectivity index is 2.11. The molecule has 1 atom stereocenters. The molecule has 12 heteroatoms. The van der Waals surface area contributed by atoms with Crippen LogP contribution in [0.2, 0.25) is 10.0 Å². The van der Waals surface area contributed by atoms with E-state index in [2.05, 4.69) is 5.32 Å². The molecule has 0 unspecified atom stereocenters. The van der Waals surface area contributed by atoms with Crippen molar-refractivity contribution >= 4 is 50.7 Å². The maximum atomic E-state index is 14.3. The number of unbranched alkanes of at least 4 members (excludes halogenated alkanes) is 1. The van der Waals surface area contributed by atoms with E-state index in [1.807, 2.05) is 37.3 Å². The second kappa shape index (κ2) is 15.8. The molecular formula is C31H37Cl2N3O6S. The van der Waals surface area contributed by atoms with Gasteiger partial charge in [-0.2, -0.15) is 0 Å². The topological polar surface area (TPSA) is 105 Å². The number of hydrogen-bond acceptors (Lipinski definition) is 6. The van der Waals surface area contributed by atoms with Crippen LogP contribution >= 0.6 is 23.2 Å². The van der Waals surface area contributed by atoms with Crippen LogP contribution in [0.5, 0.6) is 11.5 Å². The standard InChI is InChI=1S/C31H37Cl2N3O6S/c1-5-6-16-34-31(38)28(17-22-10-8-7-9-11-22)35(20-23-12-13-24(32)18-26(23)33)30(37)21-36(43(4,39)40)27-19-25(41-2)14-15-29(27)42-3/h7-15,18-19,28H,5-6,16-17,20-21H2,1-4H3,(H,34,38)/t28-/m1/s1. The van der Waals surface area contributed by atoms with Crippen LogP contribution in [0.15, 0.2) is 66.7 Å². The number of sulfonamides is 1. The van der Waals surface area contributed by atoms with Gasteiger partial charge in [0, 0.05) is 35.6 Å². The minimum atomic E-state index is -4.01. The summed E-state index contributed by atoms with van der Waals surface area (Å²) in [4.78, 5) is 29.4. The quantitative estimate of drug-likeness (QED) is 0.223. The summed E-state index contributed by atoms with van der Waals surface area (Å²) in [6.45, 7) is 1.76. The zero-order chi connectivity index (χ0) is 31.6. The fourth-order valence-corrected chi connectivity index (χ4v) is 5.79. The summed E-state index contributed by atoms with van der Waals surface area (Å²) >= 11 is 12.6. The van der Waals surface area contributed by atoms with Crippen LogP contribution in [-0.4, -0.2) is 64.7 Å². The van der Waals surface area contributed by atoms with Gasteiger partial charge in [0.05, 0.1) is 26.2 Å². The van der Waals surface area contributed by atoms with Gasteiger partial charge in [-0.1, -0.05) is 72.9 Å². The Morgan fingerprint density at radius 3 is 2.30 bits per heavy atom. The van der Waals surface area contributed by atoms with Gasteiger partial charge in [-0.05, 0) is 41.8 Å². The second-order valence-electron chi connectivity index (χ2n) is 9.91. The van der Waals surface area contributed by atoms with Gasteiger partial charge in [-0.15, -0.1) is 0 Å². The predicted octanol–water partition coefficient (Wildman–Crippen LogP) is 5.33. The summed E-state index contributed by atoms with van der Waals surface area (Å²) < 4.78 is 37.9. The van der Waals surface area contributed by atoms with E-state index in [9.17, 15) is 18.0 Å². The van der Waals surface area contributed by atoms with Gasteiger partial charge in [-0.25, -0.2) is 8.42 Å². The minimum absolute atomic E-state index is 0.0691. The molecule has 0 bridgehead atoms. The number of amides is 2. The smallest absolute Gasteiger partial charge is 0.244 e. The summed E-state index contributed by atoms with van der Waals surface area (Å²) in [5.74, 6) is -0.378. The number of carbonyl (C=O) groups is 2. The number of methoxy groups -OCH3 is 2. The zero-order valence-electron chi connectivity index (χ0n) is 24.7. The van der Waals surface area contributed by atoms with Gasteiger partial charge < -0.3 is 19.7 Å². The van der Waals surface area contributed by atoms with Crippen molar-refractivity contribution in [2.75, 3.05) is 37.9 Å². The lowest BCUT2D eigenvalue weighted by molar-refractivity contribution is -0.140. The Morgan fingerprint density at radius 1 is 0.977 bits per heavy atom. The van der Waals surface area contributed by atoms with E-state index in [0.717, 1.165) is 29.0 Å². The first-order valence-electron chi connectivity index (χ1n) is 13.7. The van der Waals surface area contributed by atoms with Crippen molar-refractivity contribution in [1.82, 2.24) is 10.2 Å². The third-order valence-corrected chi connectivity index (χ3v) is 8.50. The highest BCUT2D eigenvalue weighted by atomic mass is 35.5. The minimum Gasteiger partial charge on any atom is -0.497 e. The van der Waals surface area contributed by atoms with Crippen LogP contribution in [0.4, 0.5) is 5.69 Å². The van der Waals surface area contributed by atoms with E-state index in [0.29, 0.717) is 27.9 Å². The highest BCUT2D eigenvalue weighted by Crippen LogP contribution is 2.34. The monoisotopic (exact) mass is 649 g/mol. The fourth-order valence-electron chi connectivity index (χ4n) is 4.48. The van der Waals surface area contributed by atoms with E-state index in [1.54, 1.807) is 30.3 Å². The van der Waals surface area contributed by atoms with Crippen LogP contribution in [-0.2, 0) is 32.6 Å². The molecule has 0 aliphatic heterocycles. The molecule has 0 fully saturated rings. The van der Waals surface area contributed by atoms with Crippen molar-refractivity contribution in [3.8, 4) is 11.5 Å². The van der Waals surface area contributed by atoms with E-state index in [4.69, 9.17) is 32.7 Å². The molecule has 3 aromatic carbocycles. The fraction of sp³-hybridized carbons (Fsp3) is 0.355. The maximum Gasteiger partial charge on any atom is 0.244 e. The number of nitrogens with one attached hydrogen (secondary N) is 1. The first-order valence-corrected chi connectivity index (χ1v) is 16.3. The first-order chi connectivity index (χ1) is 20.5. The Kier molecular flexibility index (Phi) is 12.5. The average Bonchev–Trinajstić information content (AvgIpc) is 2.98. The van der Waals surface area contributed by atoms with Gasteiger partial charge in [-0.3, -0.25) is 13.9 Å². The number of benzene rings is 3. The van der Waals surface area contributed by atoms with Crippen molar-refractivity contribution in [2.24, 2.45) is 0 Å². The number of halogens is 2. The van der Waals surface area contributed by atoms with E-state index >= 15 is 0 Å². The molecule has 0 heterocycles. The van der Waals surface area contributed by atoms with E-state index < -0.39 is 28.5 Å². The van der Waals surface area contributed by atoms with Gasteiger partial charge in [0.2, 0.25) is 21.8 Å². The maximum absolute atomic E-state index is 14.3. The molecule has 0 aliphatic rings. The van der Waals surface area contributed by atoms with Crippen molar-refractivity contribution in [3.05, 3.63) is 87.9 Å². The average molecular weight is 651 g/mol. The molecule has 3 aromatic rings. The molecule has 2 amide bonds. The van der Waals surface area contributed by atoms with Crippen molar-refractivity contribution < 1.29 is 27.5 Å². The third-order valence-electron chi connectivity index (χ3n) is 6.79. The molecule has 0 spiro atoms. The van der Waals surface area contributed by atoms with Crippen molar-refractivity contribution in [2.45, 2.75) is 38.8 Å². The molecule has 0 saturated carbocycles. The Hall–Kier alpha value is -3.47. The van der Waals surface area contributed by atoms with E-state index in [1.165, 1.54) is 25.2 Å². The molecule has 0 aromatic heterocycles. The number of nitrogens with zero attached hydrogens (tertiary/aromatic N) is 2. The van der Waals surface area contributed by atoms with Crippen LogP contribution < -0.4 is 19.1 Å². The summed E-state index contributed by atoms with van der Waals surface area (Å²) in [6.07, 6.45) is 2.83. The molecule has 1 N–H and O–H groups in total. The summed E-state index contributed by atoms with van der Waals surface area (Å²) in [7, 11) is -1.16. The molecule has 3 rings (SSSR count). The summed E-state index contributed by atoms with van der Waals surface area (Å²) in [6, 6.07) is 17.9. The second-order valence-corrected chi connectivity index (χ2v) is 12.7. The number of hydrogen-bond donors (Lipinski definition) is 1. The molecule has 0 aliphatic carbocycles. The highest BCUT2D eigenvalue weighted by Gasteiger charge is 2.34. The number of anilines is 1. The number of carbonyl (C=O) groups excluding carboxylic acids is 2. The summed E-state index contributed by atoms with van der Waals surface area (Å²) in [5.41, 5.74) is 1.49. The Bertz CT molecular complexity index is 1500. The molecule has 43 heavy (non-hydrogen) atoms. The van der Waals surface area contributed by atoms with Gasteiger partial charge in [0.1, 0.15) is 24.1 Å². The van der Waals surface area contributed by atoms with Crippen LogP contribution in [0, 0.1) is 0 Å².